The summed E-state index contributed by atoms with van der Waals surface area (Å²) >= 11 is 0. The Balaban J connectivity index is 1.41. The molecule has 3 saturated carbocycles. The molecule has 3 aliphatic rings. The number of carbonyl (C=O) groups is 1. The van der Waals surface area contributed by atoms with Gasteiger partial charge in [-0.3, -0.25) is 4.79 Å². The molecule has 1 amide bonds. The Morgan fingerprint density at radius 2 is 1.85 bits per heavy atom. The van der Waals surface area contributed by atoms with E-state index in [1.807, 2.05) is 6.92 Å². The Morgan fingerprint density at radius 3 is 2.60 bits per heavy atom. The molecule has 0 aliphatic heterocycles. The normalized spacial score (nSPS) is 35.1. The summed E-state index contributed by atoms with van der Waals surface area (Å²) in [4.78, 5) is 12.2. The van der Waals surface area contributed by atoms with Crippen molar-refractivity contribution in [2.45, 2.75) is 76.9 Å². The first-order valence-electron chi connectivity index (χ1n) is 8.64. The summed E-state index contributed by atoms with van der Waals surface area (Å²) in [5.41, 5.74) is 0. The Labute approximate surface area is 122 Å². The maximum absolute atomic E-state index is 12.2. The SMILES string of the molecule is C[C@H](OCC1CC1)C(=O)N[C@@H]1CC[C@@H]2CCCC[C@@H]2C1. The first-order chi connectivity index (χ1) is 9.72. The lowest BCUT2D eigenvalue weighted by Gasteiger charge is -2.39. The summed E-state index contributed by atoms with van der Waals surface area (Å²) in [6.07, 6.45) is 11.6. The first-order valence-corrected chi connectivity index (χ1v) is 8.64. The van der Waals surface area contributed by atoms with Crippen molar-refractivity contribution in [3.8, 4) is 0 Å². The Hall–Kier alpha value is -0.570. The predicted molar refractivity (Wildman–Crippen MR) is 79.4 cm³/mol. The average Bonchev–Trinajstić information content (AvgIpc) is 3.28. The smallest absolute Gasteiger partial charge is 0.249 e. The second kappa shape index (κ2) is 6.46. The van der Waals surface area contributed by atoms with Crippen LogP contribution in [0.3, 0.4) is 0 Å². The lowest BCUT2D eigenvalue weighted by atomic mass is 9.69. The number of hydrogen-bond acceptors (Lipinski definition) is 2. The van der Waals surface area contributed by atoms with Crippen LogP contribution in [-0.4, -0.2) is 24.7 Å². The van der Waals surface area contributed by atoms with E-state index in [0.717, 1.165) is 24.4 Å². The standard InChI is InChI=1S/C17H29NO2/c1-12(20-11-13-6-7-13)17(19)18-16-9-8-14-4-2-3-5-15(14)10-16/h12-16H,2-11H2,1H3,(H,18,19)/t12-,14-,15+,16+/m0/s1. The highest BCUT2D eigenvalue weighted by atomic mass is 16.5. The highest BCUT2D eigenvalue weighted by Crippen LogP contribution is 2.40. The second-order valence-corrected chi connectivity index (χ2v) is 7.24. The van der Waals surface area contributed by atoms with Crippen molar-refractivity contribution < 1.29 is 9.53 Å². The van der Waals surface area contributed by atoms with Crippen LogP contribution >= 0.6 is 0 Å². The molecule has 1 N–H and O–H groups in total. The van der Waals surface area contributed by atoms with Gasteiger partial charge in [0.2, 0.25) is 5.91 Å². The van der Waals surface area contributed by atoms with Crippen molar-refractivity contribution in [1.82, 2.24) is 5.32 Å². The number of fused-ring (bicyclic) bond motifs is 1. The molecule has 3 heteroatoms. The zero-order chi connectivity index (χ0) is 13.9. The quantitative estimate of drug-likeness (QED) is 0.838. The van der Waals surface area contributed by atoms with Gasteiger partial charge in [-0.15, -0.1) is 0 Å². The second-order valence-electron chi connectivity index (χ2n) is 7.24. The number of amides is 1. The molecule has 0 bridgehead atoms. The third kappa shape index (κ3) is 3.75. The fraction of sp³-hybridized carbons (Fsp3) is 0.941. The van der Waals surface area contributed by atoms with Gasteiger partial charge >= 0.3 is 0 Å². The van der Waals surface area contributed by atoms with Gasteiger partial charge in [-0.05, 0) is 56.8 Å². The largest absolute Gasteiger partial charge is 0.368 e. The number of nitrogens with one attached hydrogen (secondary N) is 1. The predicted octanol–water partition coefficient (Wildman–Crippen LogP) is 3.28. The van der Waals surface area contributed by atoms with Gasteiger partial charge in [0, 0.05) is 6.04 Å². The molecule has 0 unspecified atom stereocenters. The monoisotopic (exact) mass is 279 g/mol. The summed E-state index contributed by atoms with van der Waals surface area (Å²) in [5.74, 6) is 2.64. The van der Waals surface area contributed by atoms with Crippen LogP contribution in [0.1, 0.15) is 64.7 Å². The van der Waals surface area contributed by atoms with E-state index in [9.17, 15) is 4.79 Å². The molecule has 3 aliphatic carbocycles. The van der Waals surface area contributed by atoms with E-state index in [-0.39, 0.29) is 12.0 Å². The van der Waals surface area contributed by atoms with Gasteiger partial charge in [0.05, 0.1) is 6.61 Å². The molecule has 20 heavy (non-hydrogen) atoms. The van der Waals surface area contributed by atoms with Crippen LogP contribution in [0.15, 0.2) is 0 Å². The maximum Gasteiger partial charge on any atom is 0.249 e. The van der Waals surface area contributed by atoms with Crippen molar-refractivity contribution in [3.05, 3.63) is 0 Å². The van der Waals surface area contributed by atoms with Crippen LogP contribution in [0.25, 0.3) is 0 Å². The summed E-state index contributed by atoms with van der Waals surface area (Å²) < 4.78 is 5.66. The highest BCUT2D eigenvalue weighted by Gasteiger charge is 2.33. The molecule has 0 aromatic carbocycles. The number of carbonyl (C=O) groups excluding carboxylic acids is 1. The van der Waals surface area contributed by atoms with E-state index in [2.05, 4.69) is 5.32 Å². The van der Waals surface area contributed by atoms with Gasteiger partial charge in [-0.25, -0.2) is 0 Å². The minimum absolute atomic E-state index is 0.102. The van der Waals surface area contributed by atoms with Crippen LogP contribution in [0, 0.1) is 17.8 Å². The summed E-state index contributed by atoms with van der Waals surface area (Å²) in [6.45, 7) is 2.66. The molecule has 0 heterocycles. The van der Waals surface area contributed by atoms with E-state index in [1.54, 1.807) is 0 Å². The maximum atomic E-state index is 12.2. The van der Waals surface area contributed by atoms with E-state index in [0.29, 0.717) is 6.04 Å². The molecule has 0 spiro atoms. The topological polar surface area (TPSA) is 38.3 Å². The number of hydrogen-bond donors (Lipinski definition) is 1. The molecular weight excluding hydrogens is 250 g/mol. The van der Waals surface area contributed by atoms with Crippen molar-refractivity contribution in [2.75, 3.05) is 6.61 Å². The molecule has 3 rings (SSSR count). The van der Waals surface area contributed by atoms with Crippen LogP contribution in [0.4, 0.5) is 0 Å². The molecule has 0 saturated heterocycles. The van der Waals surface area contributed by atoms with E-state index in [4.69, 9.17) is 4.74 Å². The number of ether oxygens (including phenoxy) is 1. The van der Waals surface area contributed by atoms with E-state index in [1.165, 1.54) is 57.8 Å². The lowest BCUT2D eigenvalue weighted by Crippen LogP contribution is -2.45. The van der Waals surface area contributed by atoms with Gasteiger partial charge in [-0.1, -0.05) is 25.7 Å². The van der Waals surface area contributed by atoms with Gasteiger partial charge in [0.25, 0.3) is 0 Å². The molecule has 0 radical (unpaired) electrons. The van der Waals surface area contributed by atoms with E-state index >= 15 is 0 Å². The molecule has 3 nitrogen and oxygen atoms in total. The fourth-order valence-corrected chi connectivity index (χ4v) is 3.96. The Bertz CT molecular complexity index is 340. The van der Waals surface area contributed by atoms with Gasteiger partial charge in [0.1, 0.15) is 6.10 Å². The molecule has 114 valence electrons. The summed E-state index contributed by atoms with van der Waals surface area (Å²) in [7, 11) is 0. The molecule has 0 aromatic heterocycles. The molecule has 4 atom stereocenters. The van der Waals surface area contributed by atoms with Crippen molar-refractivity contribution in [2.24, 2.45) is 17.8 Å². The Kier molecular flexibility index (Phi) is 4.65. The van der Waals surface area contributed by atoms with E-state index < -0.39 is 0 Å². The van der Waals surface area contributed by atoms with Gasteiger partial charge in [0.15, 0.2) is 0 Å². The Morgan fingerprint density at radius 1 is 1.10 bits per heavy atom. The van der Waals surface area contributed by atoms with Crippen molar-refractivity contribution in [3.63, 3.8) is 0 Å². The molecule has 0 aromatic rings. The minimum atomic E-state index is -0.278. The molecular formula is C17H29NO2. The van der Waals surface area contributed by atoms with Crippen molar-refractivity contribution >= 4 is 5.91 Å². The zero-order valence-corrected chi connectivity index (χ0v) is 12.8. The highest BCUT2D eigenvalue weighted by molar-refractivity contribution is 5.80. The third-order valence-corrected chi connectivity index (χ3v) is 5.53. The third-order valence-electron chi connectivity index (χ3n) is 5.53. The summed E-state index contributed by atoms with van der Waals surface area (Å²) in [5, 5.41) is 3.23. The van der Waals surface area contributed by atoms with Crippen LogP contribution in [0.5, 0.6) is 0 Å². The number of rotatable bonds is 5. The lowest BCUT2D eigenvalue weighted by molar-refractivity contribution is -0.133. The van der Waals surface area contributed by atoms with Crippen LogP contribution in [0.2, 0.25) is 0 Å². The van der Waals surface area contributed by atoms with Crippen molar-refractivity contribution in [1.29, 1.82) is 0 Å². The minimum Gasteiger partial charge on any atom is -0.368 e. The first kappa shape index (κ1) is 14.4. The zero-order valence-electron chi connectivity index (χ0n) is 12.8. The van der Waals surface area contributed by atoms with Crippen LogP contribution < -0.4 is 5.32 Å². The van der Waals surface area contributed by atoms with Gasteiger partial charge < -0.3 is 10.1 Å². The summed E-state index contributed by atoms with van der Waals surface area (Å²) in [6, 6.07) is 0.397. The molecule has 3 fully saturated rings. The van der Waals surface area contributed by atoms with Gasteiger partial charge in [-0.2, -0.15) is 0 Å². The average molecular weight is 279 g/mol. The fourth-order valence-electron chi connectivity index (χ4n) is 3.96. The van der Waals surface area contributed by atoms with Crippen LogP contribution in [-0.2, 0) is 9.53 Å².